The van der Waals surface area contributed by atoms with E-state index in [1.54, 1.807) is 0 Å². The van der Waals surface area contributed by atoms with Crippen LogP contribution in [0.5, 0.6) is 0 Å². The van der Waals surface area contributed by atoms with Crippen molar-refractivity contribution in [2.45, 2.75) is 65.7 Å². The quantitative estimate of drug-likeness (QED) is 0.366. The number of unbranched alkanes of at least 4 members (excludes halogenated alkanes) is 3. The van der Waals surface area contributed by atoms with Crippen LogP contribution in [0.1, 0.15) is 65.7 Å². The van der Waals surface area contributed by atoms with Crippen molar-refractivity contribution in [3.63, 3.8) is 0 Å². The molecule has 0 bridgehead atoms. The number of hydrogen-bond donors (Lipinski definition) is 2. The summed E-state index contributed by atoms with van der Waals surface area (Å²) in [6.45, 7) is 6.90. The third kappa shape index (κ3) is 11.9. The molecule has 0 aliphatic rings. The lowest BCUT2D eigenvalue weighted by Crippen LogP contribution is -2.02. The van der Waals surface area contributed by atoms with E-state index in [-0.39, 0.29) is 0 Å². The normalized spacial score (nSPS) is 9.69. The lowest BCUT2D eigenvalue weighted by Gasteiger charge is -2.10. The first-order valence-corrected chi connectivity index (χ1v) is 5.68. The zero-order valence-electron chi connectivity index (χ0n) is 9.68. The van der Waals surface area contributed by atoms with Gasteiger partial charge in [-0.25, -0.2) is 0 Å². The molecule has 0 heterocycles. The van der Waals surface area contributed by atoms with Gasteiger partial charge in [0.15, 0.2) is 0 Å². The fraction of sp³-hybridized carbons (Fsp3) is 1.00. The number of hydrazine groups is 1. The van der Waals surface area contributed by atoms with Crippen LogP contribution in [0, 0.1) is 5.92 Å². The van der Waals surface area contributed by atoms with Crippen LogP contribution in [0.15, 0.2) is 0 Å². The Morgan fingerprint density at radius 3 is 1.77 bits per heavy atom. The third-order valence-corrected chi connectivity index (χ3v) is 2.62. The van der Waals surface area contributed by atoms with Gasteiger partial charge in [0.1, 0.15) is 0 Å². The van der Waals surface area contributed by atoms with Crippen LogP contribution in [-0.2, 0) is 0 Å². The highest BCUT2D eigenvalue weighted by atomic mass is 15.0. The van der Waals surface area contributed by atoms with Crippen LogP contribution >= 0.6 is 0 Å². The molecular weight excluding hydrogens is 160 g/mol. The van der Waals surface area contributed by atoms with Crippen LogP contribution in [0.3, 0.4) is 0 Å². The van der Waals surface area contributed by atoms with Crippen molar-refractivity contribution in [2.24, 2.45) is 17.6 Å². The summed E-state index contributed by atoms with van der Waals surface area (Å²) in [6, 6.07) is 0. The first-order valence-electron chi connectivity index (χ1n) is 5.68. The summed E-state index contributed by atoms with van der Waals surface area (Å²) in [5, 5.41) is 0. The highest BCUT2D eigenvalue weighted by molar-refractivity contribution is 4.54. The Morgan fingerprint density at radius 2 is 1.38 bits per heavy atom. The van der Waals surface area contributed by atoms with Gasteiger partial charge in [-0.15, -0.1) is 0 Å². The second-order valence-corrected chi connectivity index (χ2v) is 3.53. The predicted molar refractivity (Wildman–Crippen MR) is 61.2 cm³/mol. The summed E-state index contributed by atoms with van der Waals surface area (Å²) in [6.07, 6.45) is 9.93. The minimum absolute atomic E-state index is 1.01. The Balaban J connectivity index is 0. The average Bonchev–Trinajstić information content (AvgIpc) is 2.21. The molecule has 2 nitrogen and oxygen atoms in total. The first-order chi connectivity index (χ1) is 6.35. The van der Waals surface area contributed by atoms with Gasteiger partial charge < -0.3 is 0 Å². The van der Waals surface area contributed by atoms with Crippen LogP contribution in [0.4, 0.5) is 0 Å². The Hall–Kier alpha value is -0.0800. The zero-order chi connectivity index (χ0) is 10.5. The lowest BCUT2D eigenvalue weighted by molar-refractivity contribution is 0.429. The summed E-state index contributed by atoms with van der Waals surface area (Å²) >= 11 is 0. The van der Waals surface area contributed by atoms with Gasteiger partial charge in [-0.3, -0.25) is 11.7 Å². The van der Waals surface area contributed by atoms with Crippen molar-refractivity contribution >= 4 is 0 Å². The van der Waals surface area contributed by atoms with Crippen LogP contribution in [0.2, 0.25) is 0 Å². The number of hydrogen-bond acceptors (Lipinski definition) is 2. The Morgan fingerprint density at radius 1 is 0.846 bits per heavy atom. The Labute approximate surface area is 84.0 Å². The minimum Gasteiger partial charge on any atom is -0.274 e. The molecule has 0 aliphatic heterocycles. The SMILES string of the molecule is CCCCCCC(CC)CC.NN. The largest absolute Gasteiger partial charge is 0.274 e. The average molecular weight is 188 g/mol. The fourth-order valence-electron chi connectivity index (χ4n) is 1.56. The molecule has 0 unspecified atom stereocenters. The third-order valence-electron chi connectivity index (χ3n) is 2.62. The van der Waals surface area contributed by atoms with Crippen molar-refractivity contribution in [3.8, 4) is 0 Å². The summed E-state index contributed by atoms with van der Waals surface area (Å²) in [5.41, 5.74) is 0. The molecule has 0 amide bonds. The van der Waals surface area contributed by atoms with Crippen LogP contribution in [-0.4, -0.2) is 0 Å². The molecule has 0 aromatic heterocycles. The summed E-state index contributed by atoms with van der Waals surface area (Å²) in [4.78, 5) is 0. The highest BCUT2D eigenvalue weighted by Crippen LogP contribution is 2.16. The summed E-state index contributed by atoms with van der Waals surface area (Å²) < 4.78 is 0. The topological polar surface area (TPSA) is 52.0 Å². The molecule has 82 valence electrons. The highest BCUT2D eigenvalue weighted by Gasteiger charge is 2.01. The van der Waals surface area contributed by atoms with E-state index >= 15 is 0 Å². The molecule has 2 heteroatoms. The molecular formula is C11H28N2. The fourth-order valence-corrected chi connectivity index (χ4v) is 1.56. The molecule has 0 saturated heterocycles. The first kappa shape index (κ1) is 15.4. The maximum absolute atomic E-state index is 4.00. The van der Waals surface area contributed by atoms with Crippen molar-refractivity contribution in [1.29, 1.82) is 0 Å². The van der Waals surface area contributed by atoms with Gasteiger partial charge in [0, 0.05) is 0 Å². The molecule has 0 saturated carbocycles. The Kier molecular flexibility index (Phi) is 17.1. The van der Waals surface area contributed by atoms with E-state index in [1.165, 1.54) is 44.9 Å². The van der Waals surface area contributed by atoms with Gasteiger partial charge in [-0.1, -0.05) is 65.7 Å². The smallest absolute Gasteiger partial charge is 0.0420 e. The number of rotatable bonds is 7. The second-order valence-electron chi connectivity index (χ2n) is 3.53. The summed E-state index contributed by atoms with van der Waals surface area (Å²) in [7, 11) is 0. The molecule has 0 aliphatic carbocycles. The standard InChI is InChI=1S/C11H24.H4N2/c1-4-7-8-9-10-11(5-2)6-3;1-2/h11H,4-10H2,1-3H3;1-2H2. The van der Waals surface area contributed by atoms with E-state index in [2.05, 4.69) is 32.5 Å². The van der Waals surface area contributed by atoms with E-state index in [1.807, 2.05) is 0 Å². The zero-order valence-corrected chi connectivity index (χ0v) is 9.68. The molecule has 0 radical (unpaired) electrons. The summed E-state index contributed by atoms with van der Waals surface area (Å²) in [5.74, 6) is 9.01. The second kappa shape index (κ2) is 14.4. The van der Waals surface area contributed by atoms with Crippen molar-refractivity contribution in [1.82, 2.24) is 0 Å². The van der Waals surface area contributed by atoms with E-state index < -0.39 is 0 Å². The van der Waals surface area contributed by atoms with E-state index in [0.29, 0.717) is 0 Å². The van der Waals surface area contributed by atoms with Gasteiger partial charge >= 0.3 is 0 Å². The molecule has 0 atom stereocenters. The van der Waals surface area contributed by atoms with Gasteiger partial charge in [0.2, 0.25) is 0 Å². The molecule has 0 aromatic rings. The van der Waals surface area contributed by atoms with Crippen molar-refractivity contribution in [2.75, 3.05) is 0 Å². The molecule has 0 spiro atoms. The predicted octanol–water partition coefficient (Wildman–Crippen LogP) is 3.21. The van der Waals surface area contributed by atoms with Gasteiger partial charge in [-0.2, -0.15) is 0 Å². The van der Waals surface area contributed by atoms with Gasteiger partial charge in [-0.05, 0) is 5.92 Å². The number of nitrogens with two attached hydrogens (primary N) is 2. The lowest BCUT2D eigenvalue weighted by atomic mass is 9.96. The molecule has 0 fully saturated rings. The van der Waals surface area contributed by atoms with E-state index in [9.17, 15) is 0 Å². The van der Waals surface area contributed by atoms with Gasteiger partial charge in [0.25, 0.3) is 0 Å². The maximum atomic E-state index is 4.00. The van der Waals surface area contributed by atoms with E-state index in [0.717, 1.165) is 5.92 Å². The molecule has 0 aromatic carbocycles. The van der Waals surface area contributed by atoms with E-state index in [4.69, 9.17) is 0 Å². The monoisotopic (exact) mass is 188 g/mol. The molecule has 13 heavy (non-hydrogen) atoms. The molecule has 0 rings (SSSR count). The van der Waals surface area contributed by atoms with Crippen molar-refractivity contribution in [3.05, 3.63) is 0 Å². The maximum Gasteiger partial charge on any atom is -0.0420 e. The Bertz CT molecular complexity index is 70.5. The molecule has 4 N–H and O–H groups in total. The van der Waals surface area contributed by atoms with Crippen LogP contribution in [0.25, 0.3) is 0 Å². The van der Waals surface area contributed by atoms with Crippen molar-refractivity contribution < 1.29 is 0 Å². The van der Waals surface area contributed by atoms with Crippen LogP contribution < -0.4 is 11.7 Å². The minimum atomic E-state index is 1.01. The van der Waals surface area contributed by atoms with Gasteiger partial charge in [0.05, 0.1) is 0 Å².